The van der Waals surface area contributed by atoms with E-state index in [1.54, 1.807) is 6.07 Å². The van der Waals surface area contributed by atoms with Gasteiger partial charge in [0.15, 0.2) is 0 Å². The molecule has 3 aromatic heterocycles. The number of aryl methyl sites for hydroxylation is 1. The highest BCUT2D eigenvalue weighted by atomic mass is 16.5. The molecular weight excluding hydrogens is 522 g/mol. The highest BCUT2D eigenvalue weighted by molar-refractivity contribution is 5.97. The summed E-state index contributed by atoms with van der Waals surface area (Å²) in [5.74, 6) is 3.25. The first-order valence-electron chi connectivity index (χ1n) is 13.5. The number of ether oxygens (including phenoxy) is 1. The number of rotatable bonds is 8. The van der Waals surface area contributed by atoms with Crippen molar-refractivity contribution in [3.63, 3.8) is 0 Å². The average molecular weight is 554 g/mol. The lowest BCUT2D eigenvalue weighted by Crippen LogP contribution is -2.33. The molecule has 5 aromatic rings. The van der Waals surface area contributed by atoms with Crippen LogP contribution in [0, 0.1) is 5.41 Å². The van der Waals surface area contributed by atoms with Gasteiger partial charge in [0.05, 0.1) is 47.3 Å². The van der Waals surface area contributed by atoms with Gasteiger partial charge in [0.25, 0.3) is 5.91 Å². The second-order valence-electron chi connectivity index (χ2n) is 10.1. The minimum atomic E-state index is -0.177. The molecule has 6 rings (SSSR count). The van der Waals surface area contributed by atoms with Crippen LogP contribution in [-0.2, 0) is 20.0 Å². The van der Waals surface area contributed by atoms with E-state index in [9.17, 15) is 4.79 Å². The van der Waals surface area contributed by atoms with E-state index in [2.05, 4.69) is 37.8 Å². The lowest BCUT2D eigenvalue weighted by molar-refractivity contribution is 0.0947. The van der Waals surface area contributed by atoms with Gasteiger partial charge in [-0.2, -0.15) is 5.21 Å². The van der Waals surface area contributed by atoms with Gasteiger partial charge in [-0.05, 0) is 61.5 Å². The van der Waals surface area contributed by atoms with Gasteiger partial charge in [0.1, 0.15) is 24.0 Å². The second-order valence-corrected chi connectivity index (χ2v) is 10.1. The van der Waals surface area contributed by atoms with Crippen LogP contribution in [0.2, 0.25) is 0 Å². The third-order valence-corrected chi connectivity index (χ3v) is 7.41. The van der Waals surface area contributed by atoms with Crippen molar-refractivity contribution in [3.05, 3.63) is 71.1 Å². The summed E-state index contributed by atoms with van der Waals surface area (Å²) in [4.78, 5) is 28.1. The number of nitrogens with one attached hydrogen (secondary N) is 4. The van der Waals surface area contributed by atoms with Gasteiger partial charge in [-0.1, -0.05) is 0 Å². The van der Waals surface area contributed by atoms with Crippen molar-refractivity contribution in [2.75, 3.05) is 19.7 Å². The molecule has 4 N–H and O–H groups in total. The van der Waals surface area contributed by atoms with Crippen LogP contribution in [-0.4, -0.2) is 76.5 Å². The molecule has 13 nitrogen and oxygen atoms in total. The number of amides is 1. The number of benzene rings is 2. The summed E-state index contributed by atoms with van der Waals surface area (Å²) < 4.78 is 7.78. The molecule has 4 heterocycles. The molecule has 1 amide bonds. The van der Waals surface area contributed by atoms with E-state index in [4.69, 9.17) is 20.1 Å². The van der Waals surface area contributed by atoms with Crippen molar-refractivity contribution in [3.8, 4) is 17.1 Å². The summed E-state index contributed by atoms with van der Waals surface area (Å²) in [6, 6.07) is 12.9. The molecule has 13 heteroatoms. The number of hydrogen-bond donors (Lipinski definition) is 4. The molecule has 41 heavy (non-hydrogen) atoms. The minimum absolute atomic E-state index is 0.0665. The number of amidine groups is 1. The van der Waals surface area contributed by atoms with Crippen molar-refractivity contribution in [2.24, 2.45) is 7.05 Å². The maximum atomic E-state index is 12.9. The van der Waals surface area contributed by atoms with Crippen LogP contribution in [0.15, 0.2) is 42.5 Å². The Morgan fingerprint density at radius 3 is 2.78 bits per heavy atom. The Balaban J connectivity index is 1.08. The Kier molecular flexibility index (Phi) is 6.91. The number of carbonyl (C=O) groups is 1. The number of H-pyrrole nitrogens is 2. The first-order chi connectivity index (χ1) is 19.9. The van der Waals surface area contributed by atoms with Gasteiger partial charge in [0.2, 0.25) is 5.82 Å². The number of aromatic nitrogens is 8. The maximum Gasteiger partial charge on any atom is 0.251 e. The quantitative estimate of drug-likeness (QED) is 0.129. The predicted molar refractivity (Wildman–Crippen MR) is 152 cm³/mol. The van der Waals surface area contributed by atoms with Crippen LogP contribution in [0.1, 0.15) is 53.2 Å². The molecule has 0 radical (unpaired) electrons. The lowest BCUT2D eigenvalue weighted by Gasteiger charge is -2.26. The summed E-state index contributed by atoms with van der Waals surface area (Å²) in [6.45, 7) is 6.05. The highest BCUT2D eigenvalue weighted by Crippen LogP contribution is 2.28. The Hall–Kier alpha value is -5.07. The fraction of sp³-hybridized carbons (Fsp3) is 0.321. The van der Waals surface area contributed by atoms with Crippen LogP contribution >= 0.6 is 0 Å². The van der Waals surface area contributed by atoms with Gasteiger partial charge in [-0.3, -0.25) is 10.2 Å². The minimum Gasteiger partial charge on any atom is -0.492 e. The Bertz CT molecular complexity index is 1700. The summed E-state index contributed by atoms with van der Waals surface area (Å²) in [5.41, 5.74) is 5.20. The summed E-state index contributed by atoms with van der Waals surface area (Å²) >= 11 is 0. The van der Waals surface area contributed by atoms with Gasteiger partial charge in [-0.15, -0.1) is 10.2 Å². The zero-order valence-electron chi connectivity index (χ0n) is 23.1. The van der Waals surface area contributed by atoms with Crippen LogP contribution in [0.25, 0.3) is 22.4 Å². The fourth-order valence-electron chi connectivity index (χ4n) is 5.09. The van der Waals surface area contributed by atoms with Crippen molar-refractivity contribution in [1.82, 2.24) is 50.4 Å². The number of aromatic amines is 2. The van der Waals surface area contributed by atoms with Crippen LogP contribution in [0.5, 0.6) is 5.75 Å². The van der Waals surface area contributed by atoms with E-state index in [-0.39, 0.29) is 11.8 Å². The van der Waals surface area contributed by atoms with E-state index < -0.39 is 0 Å². The number of nitrogens with zero attached hydrogens (tertiary/aromatic N) is 7. The molecule has 0 saturated heterocycles. The molecule has 1 atom stereocenters. The lowest BCUT2D eigenvalue weighted by atomic mass is 10.1. The zero-order valence-corrected chi connectivity index (χ0v) is 23.1. The van der Waals surface area contributed by atoms with Gasteiger partial charge < -0.3 is 24.5 Å². The van der Waals surface area contributed by atoms with Crippen LogP contribution in [0.4, 0.5) is 0 Å². The summed E-state index contributed by atoms with van der Waals surface area (Å²) in [7, 11) is 1.96. The molecule has 210 valence electrons. The zero-order chi connectivity index (χ0) is 28.5. The second kappa shape index (κ2) is 10.8. The van der Waals surface area contributed by atoms with Gasteiger partial charge >= 0.3 is 0 Å². The fourth-order valence-corrected chi connectivity index (χ4v) is 5.09. The highest BCUT2D eigenvalue weighted by Gasteiger charge is 2.25. The van der Waals surface area contributed by atoms with E-state index in [0.717, 1.165) is 52.6 Å². The smallest absolute Gasteiger partial charge is 0.251 e. The van der Waals surface area contributed by atoms with Crippen LogP contribution in [0.3, 0.4) is 0 Å². The van der Waals surface area contributed by atoms with Crippen LogP contribution < -0.4 is 10.1 Å². The number of carbonyl (C=O) groups excluding carboxylic acids is 1. The van der Waals surface area contributed by atoms with E-state index in [1.165, 1.54) is 0 Å². The van der Waals surface area contributed by atoms with Crippen molar-refractivity contribution >= 4 is 22.8 Å². The average Bonchev–Trinajstić information content (AvgIpc) is 3.74. The van der Waals surface area contributed by atoms with E-state index >= 15 is 0 Å². The Labute approximate surface area is 235 Å². The van der Waals surface area contributed by atoms with Gasteiger partial charge in [-0.25, -0.2) is 9.97 Å². The largest absolute Gasteiger partial charge is 0.492 e. The van der Waals surface area contributed by atoms with Crippen molar-refractivity contribution in [1.29, 1.82) is 5.41 Å². The Morgan fingerprint density at radius 1 is 1.20 bits per heavy atom. The first kappa shape index (κ1) is 26.2. The summed E-state index contributed by atoms with van der Waals surface area (Å²) in [6.07, 6.45) is 0.814. The molecule has 0 saturated carbocycles. The molecule has 1 aliphatic rings. The molecule has 0 fully saturated rings. The molecule has 2 aromatic carbocycles. The molecule has 0 bridgehead atoms. The predicted octanol–water partition coefficient (Wildman–Crippen LogP) is 2.79. The third kappa shape index (κ3) is 5.25. The maximum absolute atomic E-state index is 12.9. The van der Waals surface area contributed by atoms with E-state index in [0.29, 0.717) is 42.7 Å². The number of tetrazole rings is 1. The molecular formula is C28H31N11O2. The number of fused-ring (bicyclic) bond motifs is 2. The molecule has 0 spiro atoms. The topological polar surface area (TPSA) is 166 Å². The standard InChI is InChI=1S/C28H31N11O2/c1-16(25-31-21-10-12-39(17(2)29)15-23(21)32-25)27-33-22-9-6-19(14-24(22)38(27)3)28(40)30-11-13-41-20-7-4-18(5-8-20)26-34-36-37-35-26/h4-9,14,16,29H,10-13,15H2,1-3H3,(H,30,40)(H,31,32)(H,34,35,36,37). The molecule has 1 aliphatic heterocycles. The van der Waals surface area contributed by atoms with Crippen molar-refractivity contribution in [2.45, 2.75) is 32.7 Å². The number of hydrogen-bond acceptors (Lipinski definition) is 8. The SMILES string of the molecule is CC(=N)N1CCc2nc(C(C)c3nc4ccc(C(=O)NCCOc5ccc(-c6nn[nH]n6)cc5)cc4n3C)[nH]c2C1. The Morgan fingerprint density at radius 2 is 2.02 bits per heavy atom. The normalized spacial score (nSPS) is 13.7. The molecule has 0 aliphatic carbocycles. The number of imidazole rings is 2. The van der Waals surface area contributed by atoms with E-state index in [1.807, 2.05) is 59.8 Å². The molecule has 1 unspecified atom stereocenters. The third-order valence-electron chi connectivity index (χ3n) is 7.41. The van der Waals surface area contributed by atoms with Crippen molar-refractivity contribution < 1.29 is 9.53 Å². The first-order valence-corrected chi connectivity index (χ1v) is 13.5. The summed E-state index contributed by atoms with van der Waals surface area (Å²) in [5, 5.41) is 24.8. The monoisotopic (exact) mass is 553 g/mol. The van der Waals surface area contributed by atoms with Gasteiger partial charge in [0, 0.05) is 31.1 Å².